The molecule has 1 aromatic carbocycles. The summed E-state index contributed by atoms with van der Waals surface area (Å²) in [7, 11) is 0. The molecule has 0 unspecified atom stereocenters. The summed E-state index contributed by atoms with van der Waals surface area (Å²) < 4.78 is 1.72. The van der Waals surface area contributed by atoms with E-state index >= 15 is 0 Å². The molecular formula is C14H16N2OS. The molecule has 0 bridgehead atoms. The van der Waals surface area contributed by atoms with Crippen molar-refractivity contribution in [2.75, 3.05) is 5.75 Å². The second kappa shape index (κ2) is 5.40. The Morgan fingerprint density at radius 3 is 2.83 bits per heavy atom. The molecule has 0 saturated heterocycles. The number of thioether (sulfide) groups is 1. The average molecular weight is 260 g/mol. The number of para-hydroxylation sites is 1. The van der Waals surface area contributed by atoms with Crippen molar-refractivity contribution in [1.82, 2.24) is 9.55 Å². The lowest BCUT2D eigenvalue weighted by Crippen LogP contribution is -2.22. The van der Waals surface area contributed by atoms with Crippen LogP contribution in [0, 0.1) is 0 Å². The highest BCUT2D eigenvalue weighted by Gasteiger charge is 2.09. The lowest BCUT2D eigenvalue weighted by atomic mass is 10.2. The van der Waals surface area contributed by atoms with Crippen LogP contribution in [-0.2, 0) is 6.54 Å². The molecule has 2 aromatic rings. The van der Waals surface area contributed by atoms with Gasteiger partial charge >= 0.3 is 0 Å². The van der Waals surface area contributed by atoms with Crippen LogP contribution in [0.1, 0.15) is 13.8 Å². The summed E-state index contributed by atoms with van der Waals surface area (Å²) in [5.41, 5.74) is 1.87. The van der Waals surface area contributed by atoms with Gasteiger partial charge < -0.3 is 0 Å². The predicted molar refractivity (Wildman–Crippen MR) is 77.2 cm³/mol. The fraction of sp³-hybridized carbons (Fsp3) is 0.286. The van der Waals surface area contributed by atoms with Crippen LogP contribution < -0.4 is 5.56 Å². The molecule has 0 aliphatic rings. The van der Waals surface area contributed by atoms with Gasteiger partial charge in [0.25, 0.3) is 5.56 Å². The van der Waals surface area contributed by atoms with Gasteiger partial charge in [-0.2, -0.15) is 0 Å². The Morgan fingerprint density at radius 1 is 1.44 bits per heavy atom. The van der Waals surface area contributed by atoms with E-state index in [1.54, 1.807) is 16.3 Å². The molecule has 0 amide bonds. The van der Waals surface area contributed by atoms with E-state index in [0.29, 0.717) is 11.9 Å². The number of fused-ring (bicyclic) bond motifs is 1. The minimum Gasteiger partial charge on any atom is -0.287 e. The van der Waals surface area contributed by atoms with E-state index in [-0.39, 0.29) is 5.56 Å². The summed E-state index contributed by atoms with van der Waals surface area (Å²) in [5, 5.41) is 1.45. The number of hydrogen-bond acceptors (Lipinski definition) is 3. The number of rotatable bonds is 4. The SMILES string of the molecule is C=C(C)CSc1nc2ccccc2c(=O)n1CC. The van der Waals surface area contributed by atoms with Crippen molar-refractivity contribution in [3.8, 4) is 0 Å². The van der Waals surface area contributed by atoms with Gasteiger partial charge in [0.15, 0.2) is 5.16 Å². The zero-order valence-corrected chi connectivity index (χ0v) is 11.5. The van der Waals surface area contributed by atoms with E-state index in [0.717, 1.165) is 22.0 Å². The van der Waals surface area contributed by atoms with Crippen molar-refractivity contribution in [1.29, 1.82) is 0 Å². The first-order valence-corrected chi connectivity index (χ1v) is 6.88. The molecule has 0 atom stereocenters. The van der Waals surface area contributed by atoms with Crippen molar-refractivity contribution in [3.63, 3.8) is 0 Å². The Kier molecular flexibility index (Phi) is 3.87. The molecular weight excluding hydrogens is 244 g/mol. The largest absolute Gasteiger partial charge is 0.287 e. The molecule has 4 heteroatoms. The van der Waals surface area contributed by atoms with Crippen LogP contribution in [0.5, 0.6) is 0 Å². The van der Waals surface area contributed by atoms with Gasteiger partial charge in [0.1, 0.15) is 0 Å². The van der Waals surface area contributed by atoms with Crippen molar-refractivity contribution in [2.24, 2.45) is 0 Å². The van der Waals surface area contributed by atoms with Gasteiger partial charge in [-0.15, -0.1) is 0 Å². The summed E-state index contributed by atoms with van der Waals surface area (Å²) >= 11 is 1.56. The summed E-state index contributed by atoms with van der Waals surface area (Å²) in [4.78, 5) is 16.9. The molecule has 0 fully saturated rings. The van der Waals surface area contributed by atoms with Gasteiger partial charge in [-0.05, 0) is 26.0 Å². The number of benzene rings is 1. The summed E-state index contributed by atoms with van der Waals surface area (Å²) in [6.45, 7) is 8.44. The van der Waals surface area contributed by atoms with E-state index < -0.39 is 0 Å². The summed E-state index contributed by atoms with van der Waals surface area (Å²) in [6.07, 6.45) is 0. The van der Waals surface area contributed by atoms with Crippen molar-refractivity contribution in [2.45, 2.75) is 25.5 Å². The van der Waals surface area contributed by atoms with E-state index in [4.69, 9.17) is 0 Å². The van der Waals surface area contributed by atoms with Gasteiger partial charge in [-0.25, -0.2) is 4.98 Å². The second-order valence-corrected chi connectivity index (χ2v) is 5.15. The van der Waals surface area contributed by atoms with Crippen LogP contribution >= 0.6 is 11.8 Å². The molecule has 0 spiro atoms. The molecule has 0 aliphatic carbocycles. The minimum atomic E-state index is 0.0346. The van der Waals surface area contributed by atoms with Crippen LogP contribution in [0.2, 0.25) is 0 Å². The van der Waals surface area contributed by atoms with Crippen LogP contribution in [-0.4, -0.2) is 15.3 Å². The predicted octanol–water partition coefficient (Wildman–Crippen LogP) is 3.08. The van der Waals surface area contributed by atoms with E-state index in [2.05, 4.69) is 11.6 Å². The first kappa shape index (κ1) is 12.9. The Hall–Kier alpha value is -1.55. The second-order valence-electron chi connectivity index (χ2n) is 4.21. The van der Waals surface area contributed by atoms with Crippen molar-refractivity contribution < 1.29 is 0 Å². The monoisotopic (exact) mass is 260 g/mol. The maximum absolute atomic E-state index is 12.3. The standard InChI is InChI=1S/C14H16N2OS/c1-4-16-13(17)11-7-5-6-8-12(11)15-14(16)18-9-10(2)3/h5-8H,2,4,9H2,1,3H3. The Balaban J connectivity index is 2.58. The topological polar surface area (TPSA) is 34.9 Å². The van der Waals surface area contributed by atoms with Gasteiger partial charge in [-0.1, -0.05) is 36.0 Å². The third-order valence-corrected chi connectivity index (χ3v) is 3.80. The lowest BCUT2D eigenvalue weighted by molar-refractivity contribution is 0.635. The molecule has 94 valence electrons. The lowest BCUT2D eigenvalue weighted by Gasteiger charge is -2.10. The van der Waals surface area contributed by atoms with E-state index in [1.807, 2.05) is 38.1 Å². The van der Waals surface area contributed by atoms with Gasteiger partial charge in [0.2, 0.25) is 0 Å². The first-order valence-electron chi connectivity index (χ1n) is 5.90. The van der Waals surface area contributed by atoms with Gasteiger partial charge in [0.05, 0.1) is 10.9 Å². The van der Waals surface area contributed by atoms with Gasteiger partial charge in [0, 0.05) is 12.3 Å². The number of aromatic nitrogens is 2. The highest BCUT2D eigenvalue weighted by Crippen LogP contribution is 2.19. The molecule has 0 radical (unpaired) electrons. The summed E-state index contributed by atoms with van der Waals surface area (Å²) in [6, 6.07) is 7.47. The molecule has 0 N–H and O–H groups in total. The molecule has 1 aromatic heterocycles. The van der Waals surface area contributed by atoms with Crippen LogP contribution in [0.15, 0.2) is 46.4 Å². The zero-order chi connectivity index (χ0) is 13.1. The Bertz CT molecular complexity index is 646. The Labute approximate surface area is 111 Å². The molecule has 2 rings (SSSR count). The van der Waals surface area contributed by atoms with E-state index in [9.17, 15) is 4.79 Å². The third kappa shape index (κ3) is 2.48. The highest BCUT2D eigenvalue weighted by atomic mass is 32.2. The summed E-state index contributed by atoms with van der Waals surface area (Å²) in [5.74, 6) is 0.783. The minimum absolute atomic E-state index is 0.0346. The fourth-order valence-electron chi connectivity index (χ4n) is 1.72. The molecule has 0 saturated carbocycles. The Morgan fingerprint density at radius 2 is 2.17 bits per heavy atom. The normalized spacial score (nSPS) is 10.8. The first-order chi connectivity index (χ1) is 8.63. The van der Waals surface area contributed by atoms with Crippen molar-refractivity contribution in [3.05, 3.63) is 46.8 Å². The molecule has 3 nitrogen and oxygen atoms in total. The average Bonchev–Trinajstić information content (AvgIpc) is 2.36. The maximum atomic E-state index is 12.3. The highest BCUT2D eigenvalue weighted by molar-refractivity contribution is 7.99. The van der Waals surface area contributed by atoms with E-state index in [1.165, 1.54) is 0 Å². The quantitative estimate of drug-likeness (QED) is 0.481. The van der Waals surface area contributed by atoms with Crippen LogP contribution in [0.4, 0.5) is 0 Å². The zero-order valence-electron chi connectivity index (χ0n) is 10.6. The maximum Gasteiger partial charge on any atom is 0.262 e. The smallest absolute Gasteiger partial charge is 0.262 e. The number of nitrogens with zero attached hydrogens (tertiary/aromatic N) is 2. The van der Waals surface area contributed by atoms with Crippen molar-refractivity contribution >= 4 is 22.7 Å². The molecule has 0 aliphatic heterocycles. The molecule has 18 heavy (non-hydrogen) atoms. The van der Waals surface area contributed by atoms with Crippen LogP contribution in [0.3, 0.4) is 0 Å². The molecule has 1 heterocycles. The van der Waals surface area contributed by atoms with Crippen LogP contribution in [0.25, 0.3) is 10.9 Å². The fourth-order valence-corrected chi connectivity index (χ4v) is 2.63. The van der Waals surface area contributed by atoms with Gasteiger partial charge in [-0.3, -0.25) is 9.36 Å². The third-order valence-electron chi connectivity index (χ3n) is 2.59. The number of hydrogen-bond donors (Lipinski definition) is 0.